The minimum absolute atomic E-state index is 2.85. The lowest BCUT2D eigenvalue weighted by molar-refractivity contribution is -0.487. The maximum absolute atomic E-state index is 12.0. The summed E-state index contributed by atoms with van der Waals surface area (Å²) in [5.41, 5.74) is 0. The van der Waals surface area contributed by atoms with Crippen molar-refractivity contribution in [2.45, 2.75) is 24.6 Å². The number of hydrogen-bond donors (Lipinski definition) is 0. The standard InChI is InChI=1S/C5H2F8O/c6-3(7,8)1-2(4(9,10)11)14-5(1,12)13/h1-2H. The van der Waals surface area contributed by atoms with E-state index in [2.05, 4.69) is 4.74 Å². The van der Waals surface area contributed by atoms with E-state index in [4.69, 9.17) is 0 Å². The number of hydrogen-bond acceptors (Lipinski definition) is 1. The number of halogens is 8. The van der Waals surface area contributed by atoms with Crippen LogP contribution >= 0.6 is 0 Å². The van der Waals surface area contributed by atoms with Gasteiger partial charge in [0.05, 0.1) is 0 Å². The highest BCUT2D eigenvalue weighted by Gasteiger charge is 2.76. The summed E-state index contributed by atoms with van der Waals surface area (Å²) in [5.74, 6) is -3.81. The van der Waals surface area contributed by atoms with E-state index < -0.39 is 30.5 Å². The molecule has 9 heteroatoms. The first kappa shape index (κ1) is 11.5. The molecule has 1 aliphatic rings. The molecule has 1 nitrogen and oxygen atoms in total. The summed E-state index contributed by atoms with van der Waals surface area (Å²) in [6, 6.07) is 0. The van der Waals surface area contributed by atoms with E-state index in [1.807, 2.05) is 0 Å². The fourth-order valence-electron chi connectivity index (χ4n) is 1.03. The van der Waals surface area contributed by atoms with Gasteiger partial charge in [-0.15, -0.1) is 0 Å². The van der Waals surface area contributed by atoms with Crippen molar-refractivity contribution < 1.29 is 39.9 Å². The zero-order valence-electron chi connectivity index (χ0n) is 6.09. The minimum atomic E-state index is -5.64. The number of rotatable bonds is 0. The monoisotopic (exact) mass is 230 g/mol. The molecule has 1 fully saturated rings. The third kappa shape index (κ3) is 1.77. The highest BCUT2D eigenvalue weighted by Crippen LogP contribution is 2.55. The van der Waals surface area contributed by atoms with E-state index in [-0.39, 0.29) is 0 Å². The molecule has 1 aliphatic heterocycles. The van der Waals surface area contributed by atoms with Crippen LogP contribution in [0.2, 0.25) is 0 Å². The molecule has 1 saturated heterocycles. The van der Waals surface area contributed by atoms with Gasteiger partial charge in [-0.25, -0.2) is 0 Å². The van der Waals surface area contributed by atoms with Crippen LogP contribution in [-0.4, -0.2) is 24.6 Å². The van der Waals surface area contributed by atoms with E-state index >= 15 is 0 Å². The molecule has 2 atom stereocenters. The molecule has 0 bridgehead atoms. The predicted molar refractivity (Wildman–Crippen MR) is 25.4 cm³/mol. The molecule has 0 radical (unpaired) electrons. The van der Waals surface area contributed by atoms with Gasteiger partial charge in [0.1, 0.15) is 0 Å². The molecule has 2 unspecified atom stereocenters. The Balaban J connectivity index is 2.87. The maximum Gasteiger partial charge on any atom is 0.415 e. The van der Waals surface area contributed by atoms with Gasteiger partial charge >= 0.3 is 18.5 Å². The van der Waals surface area contributed by atoms with E-state index in [0.29, 0.717) is 0 Å². The fourth-order valence-corrected chi connectivity index (χ4v) is 1.03. The van der Waals surface area contributed by atoms with Gasteiger partial charge in [-0.2, -0.15) is 35.1 Å². The molecule has 0 saturated carbocycles. The SMILES string of the molecule is FC(F)(F)C1OC(F)(F)C1C(F)(F)F. The Morgan fingerprint density at radius 2 is 1.29 bits per heavy atom. The first-order valence-electron chi connectivity index (χ1n) is 3.15. The van der Waals surface area contributed by atoms with Gasteiger partial charge in [-0.3, -0.25) is 0 Å². The van der Waals surface area contributed by atoms with Gasteiger partial charge in [-0.1, -0.05) is 0 Å². The minimum Gasteiger partial charge on any atom is -0.306 e. The van der Waals surface area contributed by atoms with E-state index in [0.717, 1.165) is 0 Å². The summed E-state index contributed by atoms with van der Waals surface area (Å²) in [6.45, 7) is 0. The van der Waals surface area contributed by atoms with Crippen molar-refractivity contribution in [1.29, 1.82) is 0 Å². The normalized spacial score (nSPS) is 32.6. The van der Waals surface area contributed by atoms with Gasteiger partial charge in [0.25, 0.3) is 0 Å². The molecule has 0 N–H and O–H groups in total. The van der Waals surface area contributed by atoms with E-state index in [1.165, 1.54) is 0 Å². The Hall–Kier alpha value is -0.600. The lowest BCUT2D eigenvalue weighted by Crippen LogP contribution is -2.65. The maximum atomic E-state index is 12.0. The third-order valence-electron chi connectivity index (χ3n) is 1.62. The van der Waals surface area contributed by atoms with E-state index in [9.17, 15) is 35.1 Å². The molecule has 14 heavy (non-hydrogen) atoms. The van der Waals surface area contributed by atoms with Crippen molar-refractivity contribution in [3.8, 4) is 0 Å². The summed E-state index contributed by atoms with van der Waals surface area (Å²) >= 11 is 0. The summed E-state index contributed by atoms with van der Waals surface area (Å²) in [5, 5.41) is 0. The Kier molecular flexibility index (Phi) is 2.22. The van der Waals surface area contributed by atoms with Crippen molar-refractivity contribution in [3.05, 3.63) is 0 Å². The second-order valence-electron chi connectivity index (χ2n) is 2.66. The van der Waals surface area contributed by atoms with Crippen LogP contribution in [0.5, 0.6) is 0 Å². The Morgan fingerprint density at radius 3 is 1.43 bits per heavy atom. The quantitative estimate of drug-likeness (QED) is 0.581. The molecule has 1 heterocycles. The molecule has 1 rings (SSSR count). The van der Waals surface area contributed by atoms with Crippen LogP contribution in [-0.2, 0) is 4.74 Å². The third-order valence-corrected chi connectivity index (χ3v) is 1.62. The molecule has 0 spiro atoms. The highest BCUT2D eigenvalue weighted by atomic mass is 19.4. The smallest absolute Gasteiger partial charge is 0.306 e. The average molecular weight is 230 g/mol. The zero-order chi connectivity index (χ0) is 11.4. The average Bonchev–Trinajstić information content (AvgIpc) is 1.76. The Bertz CT molecular complexity index is 217. The predicted octanol–water partition coefficient (Wildman–Crippen LogP) is 2.72. The van der Waals surface area contributed by atoms with Crippen molar-refractivity contribution in [3.63, 3.8) is 0 Å². The Morgan fingerprint density at radius 1 is 0.857 bits per heavy atom. The second-order valence-corrected chi connectivity index (χ2v) is 2.66. The number of ether oxygens (including phenoxy) is 1. The molecule has 84 valence electrons. The summed E-state index contributed by atoms with van der Waals surface area (Å²) in [7, 11) is 0. The Labute approximate surface area is 71.6 Å². The van der Waals surface area contributed by atoms with E-state index in [1.54, 1.807) is 0 Å². The van der Waals surface area contributed by atoms with Crippen LogP contribution in [0.4, 0.5) is 35.1 Å². The van der Waals surface area contributed by atoms with Crippen molar-refractivity contribution in [2.24, 2.45) is 5.92 Å². The summed E-state index contributed by atoms with van der Waals surface area (Å²) < 4.78 is 97.1. The first-order valence-corrected chi connectivity index (χ1v) is 3.15. The van der Waals surface area contributed by atoms with Crippen molar-refractivity contribution in [1.82, 2.24) is 0 Å². The molecule has 0 aromatic heterocycles. The molecule has 0 aromatic rings. The van der Waals surface area contributed by atoms with Gasteiger partial charge in [0, 0.05) is 0 Å². The van der Waals surface area contributed by atoms with Crippen molar-refractivity contribution in [2.75, 3.05) is 0 Å². The topological polar surface area (TPSA) is 9.23 Å². The zero-order valence-corrected chi connectivity index (χ0v) is 6.09. The molecule has 0 aromatic carbocycles. The molecule has 0 amide bonds. The fraction of sp³-hybridized carbons (Fsp3) is 1.00. The number of alkyl halides is 8. The van der Waals surface area contributed by atoms with Crippen LogP contribution in [0.15, 0.2) is 0 Å². The van der Waals surface area contributed by atoms with Crippen LogP contribution in [0.25, 0.3) is 0 Å². The summed E-state index contributed by atoms with van der Waals surface area (Å²) in [6.07, 6.45) is -19.3. The molecule has 0 aliphatic carbocycles. The lowest BCUT2D eigenvalue weighted by atomic mass is 9.94. The first-order chi connectivity index (χ1) is 5.96. The van der Waals surface area contributed by atoms with Crippen LogP contribution in [0.1, 0.15) is 0 Å². The lowest BCUT2D eigenvalue weighted by Gasteiger charge is -2.44. The highest BCUT2D eigenvalue weighted by molar-refractivity contribution is 4.96. The van der Waals surface area contributed by atoms with Crippen LogP contribution < -0.4 is 0 Å². The van der Waals surface area contributed by atoms with Crippen LogP contribution in [0, 0.1) is 5.92 Å². The van der Waals surface area contributed by atoms with Gasteiger partial charge in [0.2, 0.25) is 0 Å². The van der Waals surface area contributed by atoms with Gasteiger partial charge in [-0.05, 0) is 0 Å². The summed E-state index contributed by atoms with van der Waals surface area (Å²) in [4.78, 5) is 0. The van der Waals surface area contributed by atoms with Crippen molar-refractivity contribution >= 4 is 0 Å². The molecular formula is C5H2F8O. The molecular weight excluding hydrogens is 228 g/mol. The van der Waals surface area contributed by atoms with Crippen LogP contribution in [0.3, 0.4) is 0 Å². The van der Waals surface area contributed by atoms with Gasteiger partial charge < -0.3 is 4.74 Å². The second kappa shape index (κ2) is 2.71. The largest absolute Gasteiger partial charge is 0.415 e. The van der Waals surface area contributed by atoms with Gasteiger partial charge in [0.15, 0.2) is 12.0 Å².